The summed E-state index contributed by atoms with van der Waals surface area (Å²) in [5.74, 6) is -1.23. The molecule has 1 rings (SSSR count). The van der Waals surface area contributed by atoms with Crippen LogP contribution in [-0.4, -0.2) is 5.91 Å². The van der Waals surface area contributed by atoms with Gasteiger partial charge in [-0.2, -0.15) is 0 Å². The lowest BCUT2D eigenvalue weighted by Crippen LogP contribution is -2.10. The number of amides is 1. The van der Waals surface area contributed by atoms with Crippen LogP contribution in [0.5, 0.6) is 0 Å². The number of carbonyl (C=O) groups excluding carboxylic acids is 1. The van der Waals surface area contributed by atoms with E-state index in [-0.39, 0.29) is 4.88 Å². The van der Waals surface area contributed by atoms with Gasteiger partial charge < -0.3 is 5.73 Å². The van der Waals surface area contributed by atoms with Crippen molar-refractivity contribution in [2.24, 2.45) is 5.73 Å². The van der Waals surface area contributed by atoms with Crippen LogP contribution in [0.2, 0.25) is 0 Å². The molecule has 2 N–H and O–H groups in total. The molecule has 1 heterocycles. The van der Waals surface area contributed by atoms with E-state index in [1.54, 1.807) is 0 Å². The SMILES string of the molecule is NC(=O)c1sc(I)cc1F. The zero-order valence-corrected chi connectivity index (χ0v) is 7.70. The van der Waals surface area contributed by atoms with Gasteiger partial charge in [0, 0.05) is 0 Å². The number of carbonyl (C=O) groups is 1. The first-order chi connectivity index (χ1) is 4.61. The van der Waals surface area contributed by atoms with Crippen molar-refractivity contribution < 1.29 is 9.18 Å². The highest BCUT2D eigenvalue weighted by Gasteiger charge is 2.11. The monoisotopic (exact) mass is 271 g/mol. The molecule has 0 aromatic carbocycles. The molecular weight excluding hydrogens is 268 g/mol. The minimum Gasteiger partial charge on any atom is -0.365 e. The highest BCUT2D eigenvalue weighted by atomic mass is 127. The van der Waals surface area contributed by atoms with Gasteiger partial charge in [-0.25, -0.2) is 4.39 Å². The molecule has 1 aromatic heterocycles. The third kappa shape index (κ3) is 1.46. The van der Waals surface area contributed by atoms with Crippen LogP contribution in [-0.2, 0) is 0 Å². The van der Waals surface area contributed by atoms with Crippen molar-refractivity contribution in [3.8, 4) is 0 Å². The number of rotatable bonds is 1. The number of thiophene rings is 1. The molecule has 0 atom stereocenters. The predicted octanol–water partition coefficient (Wildman–Crippen LogP) is 1.59. The van der Waals surface area contributed by atoms with Gasteiger partial charge in [0.1, 0.15) is 10.7 Å². The van der Waals surface area contributed by atoms with Gasteiger partial charge in [-0.3, -0.25) is 4.79 Å². The Hall–Kier alpha value is -0.170. The van der Waals surface area contributed by atoms with Crippen molar-refractivity contribution in [2.75, 3.05) is 0 Å². The minimum atomic E-state index is -0.703. The molecule has 0 fully saturated rings. The first-order valence-corrected chi connectivity index (χ1v) is 4.25. The maximum Gasteiger partial charge on any atom is 0.261 e. The Morgan fingerprint density at radius 2 is 2.40 bits per heavy atom. The smallest absolute Gasteiger partial charge is 0.261 e. The summed E-state index contributed by atoms with van der Waals surface area (Å²) < 4.78 is 13.3. The molecular formula is C5H3FINOS. The Morgan fingerprint density at radius 1 is 1.80 bits per heavy atom. The second kappa shape index (κ2) is 2.83. The Morgan fingerprint density at radius 3 is 2.60 bits per heavy atom. The fourth-order valence-electron chi connectivity index (χ4n) is 0.509. The van der Waals surface area contributed by atoms with Crippen molar-refractivity contribution in [3.63, 3.8) is 0 Å². The zero-order valence-electron chi connectivity index (χ0n) is 4.73. The predicted molar refractivity (Wildman–Crippen MR) is 45.5 cm³/mol. The normalized spacial score (nSPS) is 9.80. The van der Waals surface area contributed by atoms with E-state index in [9.17, 15) is 9.18 Å². The van der Waals surface area contributed by atoms with Crippen LogP contribution in [0, 0.1) is 8.70 Å². The van der Waals surface area contributed by atoms with Crippen LogP contribution in [0.15, 0.2) is 6.07 Å². The van der Waals surface area contributed by atoms with Gasteiger partial charge in [0.05, 0.1) is 2.88 Å². The van der Waals surface area contributed by atoms with Gasteiger partial charge >= 0.3 is 0 Å². The standard InChI is InChI=1S/C5H3FINOS/c6-2-1-3(7)10-4(2)5(8)9/h1H,(H2,8,9). The summed E-state index contributed by atoms with van der Waals surface area (Å²) in [6.07, 6.45) is 0. The van der Waals surface area contributed by atoms with Crippen LogP contribution < -0.4 is 5.73 Å². The highest BCUT2D eigenvalue weighted by Crippen LogP contribution is 2.21. The number of primary amides is 1. The molecule has 5 heteroatoms. The highest BCUT2D eigenvalue weighted by molar-refractivity contribution is 14.1. The molecule has 0 bridgehead atoms. The van der Waals surface area contributed by atoms with Gasteiger partial charge in [-0.05, 0) is 28.7 Å². The maximum absolute atomic E-state index is 12.6. The average Bonchev–Trinajstić information content (AvgIpc) is 2.10. The molecule has 0 aliphatic heterocycles. The molecule has 0 unspecified atom stereocenters. The first-order valence-electron chi connectivity index (χ1n) is 2.36. The average molecular weight is 271 g/mol. The van der Waals surface area contributed by atoms with Gasteiger partial charge in [0.15, 0.2) is 0 Å². The van der Waals surface area contributed by atoms with Crippen molar-refractivity contribution in [1.29, 1.82) is 0 Å². The van der Waals surface area contributed by atoms with E-state index in [1.807, 2.05) is 22.6 Å². The number of nitrogens with two attached hydrogens (primary N) is 1. The van der Waals surface area contributed by atoms with E-state index in [2.05, 4.69) is 0 Å². The summed E-state index contributed by atoms with van der Waals surface area (Å²) in [5.41, 5.74) is 4.86. The Balaban J connectivity index is 3.15. The lowest BCUT2D eigenvalue weighted by Gasteiger charge is -1.84. The first kappa shape index (κ1) is 7.93. The van der Waals surface area contributed by atoms with Crippen LogP contribution in [0.4, 0.5) is 4.39 Å². The van der Waals surface area contributed by atoms with Crippen molar-refractivity contribution in [1.82, 2.24) is 0 Å². The fraction of sp³-hybridized carbons (Fsp3) is 0. The van der Waals surface area contributed by atoms with E-state index in [1.165, 1.54) is 6.07 Å². The van der Waals surface area contributed by atoms with E-state index >= 15 is 0 Å². The fourth-order valence-corrected chi connectivity index (χ4v) is 2.06. The van der Waals surface area contributed by atoms with E-state index in [0.717, 1.165) is 14.2 Å². The Bertz CT molecular complexity index is 273. The third-order valence-corrected chi connectivity index (χ3v) is 2.77. The number of hydrogen-bond acceptors (Lipinski definition) is 2. The molecule has 0 saturated carbocycles. The molecule has 0 radical (unpaired) electrons. The summed E-state index contributed by atoms with van der Waals surface area (Å²) in [6.45, 7) is 0. The maximum atomic E-state index is 12.6. The van der Waals surface area contributed by atoms with Gasteiger partial charge in [-0.1, -0.05) is 0 Å². The molecule has 0 aliphatic carbocycles. The molecule has 1 amide bonds. The quantitative estimate of drug-likeness (QED) is 0.774. The van der Waals surface area contributed by atoms with Crippen molar-refractivity contribution >= 4 is 39.8 Å². The molecule has 1 aromatic rings. The molecule has 0 spiro atoms. The van der Waals surface area contributed by atoms with Gasteiger partial charge in [-0.15, -0.1) is 11.3 Å². The topological polar surface area (TPSA) is 43.1 Å². The zero-order chi connectivity index (χ0) is 7.72. The van der Waals surface area contributed by atoms with Crippen molar-refractivity contribution in [3.05, 3.63) is 19.6 Å². The third-order valence-electron chi connectivity index (χ3n) is 0.880. The van der Waals surface area contributed by atoms with Crippen LogP contribution in [0.25, 0.3) is 0 Å². The number of hydrogen-bond donors (Lipinski definition) is 1. The molecule has 54 valence electrons. The minimum absolute atomic E-state index is 0.00407. The number of halogens is 2. The van der Waals surface area contributed by atoms with Crippen molar-refractivity contribution in [2.45, 2.75) is 0 Å². The lowest BCUT2D eigenvalue weighted by atomic mass is 10.4. The summed E-state index contributed by atoms with van der Waals surface area (Å²) in [4.78, 5) is 10.4. The van der Waals surface area contributed by atoms with Crippen LogP contribution in [0.3, 0.4) is 0 Å². The second-order valence-electron chi connectivity index (χ2n) is 1.59. The molecule has 2 nitrogen and oxygen atoms in total. The van der Waals surface area contributed by atoms with Crippen LogP contribution in [0.1, 0.15) is 9.67 Å². The summed E-state index contributed by atoms with van der Waals surface area (Å²) in [6, 6.07) is 1.28. The summed E-state index contributed by atoms with van der Waals surface area (Å²) >= 11 is 2.99. The molecule has 10 heavy (non-hydrogen) atoms. The van der Waals surface area contributed by atoms with Gasteiger partial charge in [0.2, 0.25) is 0 Å². The second-order valence-corrected chi connectivity index (χ2v) is 4.54. The van der Waals surface area contributed by atoms with Gasteiger partial charge in [0.25, 0.3) is 5.91 Å². The lowest BCUT2D eigenvalue weighted by molar-refractivity contribution is 0.100. The van der Waals surface area contributed by atoms with Crippen LogP contribution >= 0.6 is 33.9 Å². The van der Waals surface area contributed by atoms with E-state index in [4.69, 9.17) is 5.73 Å². The molecule has 0 aliphatic rings. The molecule has 0 saturated heterocycles. The summed E-state index contributed by atoms with van der Waals surface area (Å²) in [5, 5.41) is 0. The Labute approximate surface area is 74.4 Å². The Kier molecular flexibility index (Phi) is 2.24. The largest absolute Gasteiger partial charge is 0.365 e. The summed E-state index contributed by atoms with van der Waals surface area (Å²) in [7, 11) is 0. The van der Waals surface area contributed by atoms with E-state index in [0.29, 0.717) is 0 Å². The van der Waals surface area contributed by atoms with E-state index < -0.39 is 11.7 Å².